The summed E-state index contributed by atoms with van der Waals surface area (Å²) in [7, 11) is 0. The number of rotatable bonds is 3. The molecule has 2 aromatic heterocycles. The van der Waals surface area contributed by atoms with E-state index in [0.29, 0.717) is 0 Å². The molecule has 1 N–H and O–H groups in total. The summed E-state index contributed by atoms with van der Waals surface area (Å²) in [6.07, 6.45) is -11.4. The van der Waals surface area contributed by atoms with Crippen LogP contribution in [0.2, 0.25) is 0 Å². The number of nitrogens with one attached hydrogen (secondary N) is 1. The summed E-state index contributed by atoms with van der Waals surface area (Å²) in [6.45, 7) is 1.48. The third-order valence-electron chi connectivity index (χ3n) is 4.06. The van der Waals surface area contributed by atoms with Crippen LogP contribution < -0.4 is 0 Å². The highest BCUT2D eigenvalue weighted by Gasteiger charge is 2.60. The molecule has 0 aliphatic carbocycles. The summed E-state index contributed by atoms with van der Waals surface area (Å²) in [5, 5.41) is -1.07. The van der Waals surface area contributed by atoms with Crippen molar-refractivity contribution in [2.24, 2.45) is 0 Å². The zero-order chi connectivity index (χ0) is 21.8. The highest BCUT2D eigenvalue weighted by Crippen LogP contribution is 2.47. The minimum Gasteiger partial charge on any atom is -0.461 e. The zero-order valence-corrected chi connectivity index (χ0v) is 14.3. The Kier molecular flexibility index (Phi) is 4.71. The molecule has 12 heteroatoms. The fourth-order valence-electron chi connectivity index (χ4n) is 2.77. The van der Waals surface area contributed by atoms with Gasteiger partial charge in [0, 0.05) is 21.9 Å². The molecule has 0 aliphatic heterocycles. The quantitative estimate of drug-likeness (QED) is 0.441. The van der Waals surface area contributed by atoms with Gasteiger partial charge in [-0.15, -0.1) is 0 Å². The molecule has 0 fully saturated rings. The first-order chi connectivity index (χ1) is 13.3. The highest BCUT2D eigenvalue weighted by atomic mass is 19.4. The highest BCUT2D eigenvalue weighted by molar-refractivity contribution is 6.08. The number of pyridine rings is 1. The lowest BCUT2D eigenvalue weighted by molar-refractivity contribution is -0.288. The van der Waals surface area contributed by atoms with Crippen molar-refractivity contribution < 1.29 is 44.7 Å². The third-order valence-corrected chi connectivity index (χ3v) is 4.06. The predicted molar refractivity (Wildman–Crippen MR) is 84.5 cm³/mol. The predicted octanol–water partition coefficient (Wildman–Crippen LogP) is 5.57. The van der Waals surface area contributed by atoms with Crippen LogP contribution in [0.1, 0.15) is 28.7 Å². The van der Waals surface area contributed by atoms with Gasteiger partial charge >= 0.3 is 24.2 Å². The molecule has 0 radical (unpaired) electrons. The van der Waals surface area contributed by atoms with E-state index in [2.05, 4.69) is 9.97 Å². The van der Waals surface area contributed by atoms with Crippen LogP contribution >= 0.6 is 0 Å². The van der Waals surface area contributed by atoms with Crippen LogP contribution in [0, 0.1) is 0 Å². The van der Waals surface area contributed by atoms with Crippen LogP contribution in [-0.2, 0) is 16.8 Å². The SMILES string of the molecule is CCOC(=O)c1cc2c(ccc3c(C(F)(F)C(F)(F)F)cc(C(F)(F)F)nc32)[nH]1. The van der Waals surface area contributed by atoms with E-state index in [1.54, 1.807) is 0 Å². The standard InChI is InChI=1S/C17H10F8N2O2/c1-2-29-14(28)11-5-8-10(26-11)4-3-7-9(15(18,19)17(23,24)25)6-12(16(20,21)22)27-13(7)8/h3-6,26H,2H2,1H3. The molecule has 0 unspecified atom stereocenters. The number of hydrogen-bond donors (Lipinski definition) is 1. The molecule has 0 spiro atoms. The van der Waals surface area contributed by atoms with E-state index in [0.717, 1.165) is 18.2 Å². The molecule has 29 heavy (non-hydrogen) atoms. The Morgan fingerprint density at radius 1 is 1.03 bits per heavy atom. The molecule has 0 saturated heterocycles. The van der Waals surface area contributed by atoms with Crippen molar-refractivity contribution in [3.8, 4) is 0 Å². The molecular weight excluding hydrogens is 416 g/mol. The van der Waals surface area contributed by atoms with E-state index in [1.165, 1.54) is 6.92 Å². The molecule has 0 aliphatic rings. The lowest BCUT2D eigenvalue weighted by atomic mass is 9.99. The van der Waals surface area contributed by atoms with Gasteiger partial charge < -0.3 is 9.72 Å². The Balaban J connectivity index is 2.40. The maximum absolute atomic E-state index is 14.0. The summed E-state index contributed by atoms with van der Waals surface area (Å²) in [5.41, 5.74) is -4.78. The largest absolute Gasteiger partial charge is 0.461 e. The van der Waals surface area contributed by atoms with Gasteiger partial charge in [0.2, 0.25) is 0 Å². The summed E-state index contributed by atoms with van der Waals surface area (Å²) in [6, 6.07) is 2.51. The van der Waals surface area contributed by atoms with Crippen molar-refractivity contribution in [2.45, 2.75) is 25.2 Å². The molecule has 2 heterocycles. The van der Waals surface area contributed by atoms with E-state index in [9.17, 15) is 39.9 Å². The maximum Gasteiger partial charge on any atom is 0.458 e. The van der Waals surface area contributed by atoms with E-state index in [1.807, 2.05) is 0 Å². The van der Waals surface area contributed by atoms with Crippen LogP contribution in [0.15, 0.2) is 24.3 Å². The molecule has 4 nitrogen and oxygen atoms in total. The van der Waals surface area contributed by atoms with Crippen LogP contribution in [0.25, 0.3) is 21.8 Å². The number of ether oxygens (including phenoxy) is 1. The average molecular weight is 426 g/mol. The first-order valence-corrected chi connectivity index (χ1v) is 7.93. The van der Waals surface area contributed by atoms with Crippen molar-refractivity contribution in [2.75, 3.05) is 6.61 Å². The monoisotopic (exact) mass is 426 g/mol. The Hall–Kier alpha value is -2.92. The number of carbonyl (C=O) groups excluding carboxylic acids is 1. The van der Waals surface area contributed by atoms with Crippen LogP contribution in [0.3, 0.4) is 0 Å². The van der Waals surface area contributed by atoms with Gasteiger partial charge in [-0.25, -0.2) is 9.78 Å². The van der Waals surface area contributed by atoms with Crippen LogP contribution in [0.4, 0.5) is 35.1 Å². The molecule has 0 amide bonds. The van der Waals surface area contributed by atoms with Gasteiger partial charge in [-0.1, -0.05) is 6.07 Å². The Labute approximate surface area is 156 Å². The lowest BCUT2D eigenvalue weighted by Gasteiger charge is -2.22. The first kappa shape index (κ1) is 20.8. The van der Waals surface area contributed by atoms with Crippen molar-refractivity contribution >= 4 is 27.8 Å². The number of esters is 1. The minimum atomic E-state index is -6.13. The first-order valence-electron chi connectivity index (χ1n) is 7.93. The summed E-state index contributed by atoms with van der Waals surface area (Å²) >= 11 is 0. The summed E-state index contributed by atoms with van der Waals surface area (Å²) in [4.78, 5) is 17.6. The van der Waals surface area contributed by atoms with Gasteiger partial charge in [-0.05, 0) is 25.1 Å². The normalized spacial score (nSPS) is 13.3. The van der Waals surface area contributed by atoms with E-state index < -0.39 is 46.4 Å². The number of H-pyrrole nitrogens is 1. The number of alkyl halides is 8. The van der Waals surface area contributed by atoms with E-state index >= 15 is 0 Å². The van der Waals surface area contributed by atoms with Crippen molar-refractivity contribution in [1.29, 1.82) is 0 Å². The Bertz CT molecular complexity index is 1100. The van der Waals surface area contributed by atoms with Gasteiger partial charge in [0.05, 0.1) is 12.1 Å². The average Bonchev–Trinajstić information content (AvgIpc) is 3.04. The molecule has 156 valence electrons. The molecular formula is C17H10F8N2O2. The number of halogens is 8. The van der Waals surface area contributed by atoms with Crippen molar-refractivity contribution in [3.63, 3.8) is 0 Å². The smallest absolute Gasteiger partial charge is 0.458 e. The van der Waals surface area contributed by atoms with Gasteiger partial charge in [0.1, 0.15) is 11.4 Å². The number of carbonyl (C=O) groups is 1. The third kappa shape index (κ3) is 3.47. The van der Waals surface area contributed by atoms with E-state index in [4.69, 9.17) is 4.74 Å². The van der Waals surface area contributed by atoms with E-state index in [-0.39, 0.29) is 29.3 Å². The molecule has 1 aromatic carbocycles. The molecule has 3 aromatic rings. The number of benzene rings is 1. The lowest BCUT2D eigenvalue weighted by Crippen LogP contribution is -2.34. The number of fused-ring (bicyclic) bond motifs is 3. The fraction of sp³-hybridized carbons (Fsp3) is 0.294. The second kappa shape index (κ2) is 6.56. The summed E-state index contributed by atoms with van der Waals surface area (Å²) < 4.78 is 111. The number of nitrogens with zero attached hydrogens (tertiary/aromatic N) is 1. The molecule has 0 atom stereocenters. The Morgan fingerprint density at radius 2 is 1.69 bits per heavy atom. The van der Waals surface area contributed by atoms with Gasteiger partial charge in [-0.3, -0.25) is 0 Å². The Morgan fingerprint density at radius 3 is 2.24 bits per heavy atom. The van der Waals surface area contributed by atoms with Gasteiger partial charge in [-0.2, -0.15) is 35.1 Å². The maximum atomic E-state index is 14.0. The topological polar surface area (TPSA) is 55.0 Å². The van der Waals surface area contributed by atoms with Crippen molar-refractivity contribution in [3.05, 3.63) is 41.2 Å². The second-order valence-electron chi connectivity index (χ2n) is 5.95. The zero-order valence-electron chi connectivity index (χ0n) is 14.3. The van der Waals surface area contributed by atoms with Crippen LogP contribution in [0.5, 0.6) is 0 Å². The van der Waals surface area contributed by atoms with Crippen molar-refractivity contribution in [1.82, 2.24) is 9.97 Å². The molecule has 0 saturated carbocycles. The minimum absolute atomic E-state index is 0.00801. The molecule has 0 bridgehead atoms. The molecule has 3 rings (SSSR count). The number of hydrogen-bond acceptors (Lipinski definition) is 3. The summed E-state index contributed by atoms with van der Waals surface area (Å²) in [5.74, 6) is -6.45. The fourth-order valence-corrected chi connectivity index (χ4v) is 2.77. The second-order valence-corrected chi connectivity index (χ2v) is 5.95. The van der Waals surface area contributed by atoms with Gasteiger partial charge in [0.25, 0.3) is 0 Å². The van der Waals surface area contributed by atoms with Gasteiger partial charge in [0.15, 0.2) is 0 Å². The number of aromatic nitrogens is 2. The number of aromatic amines is 1. The van der Waals surface area contributed by atoms with Crippen LogP contribution in [-0.4, -0.2) is 28.7 Å².